The average Bonchev–Trinajstić information content (AvgIpc) is 2.54. The van der Waals surface area contributed by atoms with Gasteiger partial charge in [0.05, 0.1) is 0 Å². The van der Waals surface area contributed by atoms with Crippen LogP contribution in [0.2, 0.25) is 0 Å². The molecular formula is C18H26BrN3O2. The first kappa shape index (κ1) is 20.8. The number of nitrogens with two attached hydrogens (primary N) is 1. The normalized spacial score (nSPS) is 10.6. The van der Waals surface area contributed by atoms with Crippen molar-refractivity contribution >= 4 is 15.9 Å². The van der Waals surface area contributed by atoms with Gasteiger partial charge in [0.2, 0.25) is 0 Å². The van der Waals surface area contributed by atoms with E-state index in [1.54, 1.807) is 0 Å². The predicted molar refractivity (Wildman–Crippen MR) is 101 cm³/mol. The molecule has 3 N–H and O–H groups in total. The van der Waals surface area contributed by atoms with Gasteiger partial charge in [-0.25, -0.2) is 5.26 Å². The lowest BCUT2D eigenvalue weighted by molar-refractivity contribution is -0.247. The van der Waals surface area contributed by atoms with E-state index in [-0.39, 0.29) is 0 Å². The number of halogens is 1. The molecule has 0 saturated carbocycles. The minimum absolute atomic E-state index is 0.974. The molecule has 0 atom stereocenters. The molecule has 2 rings (SSSR count). The number of benzene rings is 2. The van der Waals surface area contributed by atoms with Gasteiger partial charge in [-0.05, 0) is 37.4 Å². The molecule has 0 aliphatic carbocycles. The SMILES string of the molecule is CN(C)CCN(Cc1ccccc1)Cc1cccc(Br)c1.NOO. The number of likely N-dealkylation sites (N-methyl/N-ethyl adjacent to an activating group) is 1. The van der Waals surface area contributed by atoms with E-state index < -0.39 is 0 Å². The molecule has 0 saturated heterocycles. The van der Waals surface area contributed by atoms with Gasteiger partial charge < -0.3 is 4.90 Å². The molecule has 24 heavy (non-hydrogen) atoms. The highest BCUT2D eigenvalue weighted by molar-refractivity contribution is 9.10. The molecule has 0 amide bonds. The summed E-state index contributed by atoms with van der Waals surface area (Å²) in [6.45, 7) is 4.10. The first-order valence-corrected chi connectivity index (χ1v) is 8.50. The predicted octanol–water partition coefficient (Wildman–Crippen LogP) is 3.36. The largest absolute Gasteiger partial charge is 0.308 e. The summed E-state index contributed by atoms with van der Waals surface area (Å²) >= 11 is 3.55. The summed E-state index contributed by atoms with van der Waals surface area (Å²) in [5, 5.41) is 6.85. The molecule has 0 aliphatic rings. The number of hydrogen-bond acceptors (Lipinski definition) is 5. The van der Waals surface area contributed by atoms with Gasteiger partial charge >= 0.3 is 0 Å². The second-order valence-electron chi connectivity index (χ2n) is 5.73. The Balaban J connectivity index is 0.000000891. The van der Waals surface area contributed by atoms with Gasteiger partial charge in [0.1, 0.15) is 0 Å². The smallest absolute Gasteiger partial charge is 0.0238 e. The molecular weight excluding hydrogens is 370 g/mol. The van der Waals surface area contributed by atoms with Crippen molar-refractivity contribution in [2.24, 2.45) is 5.90 Å². The van der Waals surface area contributed by atoms with Gasteiger partial charge in [0.25, 0.3) is 0 Å². The molecule has 0 unspecified atom stereocenters. The van der Waals surface area contributed by atoms with Crippen LogP contribution < -0.4 is 5.90 Å². The van der Waals surface area contributed by atoms with Crippen molar-refractivity contribution in [2.75, 3.05) is 27.2 Å². The van der Waals surface area contributed by atoms with E-state index in [0.717, 1.165) is 30.7 Å². The van der Waals surface area contributed by atoms with E-state index in [2.05, 4.69) is 105 Å². The minimum Gasteiger partial charge on any atom is -0.308 e. The van der Waals surface area contributed by atoms with Crippen LogP contribution in [0.25, 0.3) is 0 Å². The molecule has 0 aliphatic heterocycles. The van der Waals surface area contributed by atoms with Gasteiger partial charge in [0.15, 0.2) is 0 Å². The first-order chi connectivity index (χ1) is 11.5. The summed E-state index contributed by atoms with van der Waals surface area (Å²) in [5.74, 6) is 3.90. The summed E-state index contributed by atoms with van der Waals surface area (Å²) in [6, 6.07) is 19.3. The fourth-order valence-corrected chi connectivity index (χ4v) is 2.74. The van der Waals surface area contributed by atoms with E-state index in [0.29, 0.717) is 0 Å². The minimum atomic E-state index is 0.974. The highest BCUT2D eigenvalue weighted by Gasteiger charge is 2.08. The van der Waals surface area contributed by atoms with E-state index in [9.17, 15) is 0 Å². The van der Waals surface area contributed by atoms with E-state index in [1.165, 1.54) is 11.1 Å². The monoisotopic (exact) mass is 395 g/mol. The van der Waals surface area contributed by atoms with Crippen LogP contribution in [0.3, 0.4) is 0 Å². The third-order valence-corrected chi connectivity index (χ3v) is 3.90. The van der Waals surface area contributed by atoms with Gasteiger partial charge in [-0.3, -0.25) is 4.90 Å². The van der Waals surface area contributed by atoms with Crippen molar-refractivity contribution in [1.29, 1.82) is 0 Å². The molecule has 5 nitrogen and oxygen atoms in total. The van der Waals surface area contributed by atoms with Crippen molar-refractivity contribution in [3.05, 3.63) is 70.2 Å². The Kier molecular flexibility index (Phi) is 10.5. The lowest BCUT2D eigenvalue weighted by Gasteiger charge is -2.24. The Bertz CT molecular complexity index is 567. The number of nitrogens with zero attached hydrogens (tertiary/aromatic N) is 2. The van der Waals surface area contributed by atoms with Gasteiger partial charge in [-0.15, -0.1) is 4.99 Å². The summed E-state index contributed by atoms with van der Waals surface area (Å²) in [5.41, 5.74) is 2.71. The Morgan fingerprint density at radius 1 is 0.958 bits per heavy atom. The zero-order valence-electron chi connectivity index (χ0n) is 14.2. The molecule has 2 aromatic carbocycles. The standard InChI is InChI=1S/C18H23BrN2.H3NO2/c1-20(2)11-12-21(14-16-7-4-3-5-8-16)15-17-9-6-10-18(19)13-17;1-3-2/h3-10,13H,11-12,14-15H2,1-2H3;2H,1H2. The van der Waals surface area contributed by atoms with Gasteiger partial charge in [0, 0.05) is 30.7 Å². The van der Waals surface area contributed by atoms with E-state index in [1.807, 2.05) is 0 Å². The molecule has 2 aromatic rings. The zero-order chi connectivity index (χ0) is 17.8. The average molecular weight is 396 g/mol. The molecule has 0 spiro atoms. The van der Waals surface area contributed by atoms with Crippen LogP contribution in [0.1, 0.15) is 11.1 Å². The zero-order valence-corrected chi connectivity index (χ0v) is 15.8. The van der Waals surface area contributed by atoms with Crippen LogP contribution in [0.15, 0.2) is 59.1 Å². The Morgan fingerprint density at radius 3 is 2.12 bits per heavy atom. The maximum absolute atomic E-state index is 6.85. The van der Waals surface area contributed by atoms with Crippen LogP contribution >= 0.6 is 15.9 Å². The van der Waals surface area contributed by atoms with Crippen molar-refractivity contribution in [3.63, 3.8) is 0 Å². The topological polar surface area (TPSA) is 62.0 Å². The first-order valence-electron chi connectivity index (χ1n) is 7.71. The molecule has 0 radical (unpaired) electrons. The van der Waals surface area contributed by atoms with Crippen LogP contribution in [0.5, 0.6) is 0 Å². The van der Waals surface area contributed by atoms with Crippen LogP contribution in [-0.2, 0) is 18.1 Å². The number of hydrogen-bond donors (Lipinski definition) is 2. The molecule has 0 aromatic heterocycles. The number of rotatable bonds is 7. The quantitative estimate of drug-likeness (QED) is 0.555. The summed E-state index contributed by atoms with van der Waals surface area (Å²) in [4.78, 5) is 7.48. The molecule has 6 heteroatoms. The lowest BCUT2D eigenvalue weighted by Crippen LogP contribution is -2.31. The Hall–Kier alpha value is -1.28. The maximum Gasteiger partial charge on any atom is 0.0238 e. The lowest BCUT2D eigenvalue weighted by atomic mass is 10.1. The summed E-state index contributed by atoms with van der Waals surface area (Å²) < 4.78 is 1.15. The highest BCUT2D eigenvalue weighted by Crippen LogP contribution is 2.15. The fraction of sp³-hybridized carbons (Fsp3) is 0.333. The van der Waals surface area contributed by atoms with Crippen molar-refractivity contribution < 1.29 is 10.2 Å². The van der Waals surface area contributed by atoms with Crippen LogP contribution in [0.4, 0.5) is 0 Å². The third kappa shape index (κ3) is 9.12. The summed E-state index contributed by atoms with van der Waals surface area (Å²) in [6.07, 6.45) is 0. The van der Waals surface area contributed by atoms with Gasteiger partial charge in [-0.1, -0.05) is 58.4 Å². The van der Waals surface area contributed by atoms with Crippen molar-refractivity contribution in [2.45, 2.75) is 13.1 Å². The summed E-state index contributed by atoms with van der Waals surface area (Å²) in [7, 11) is 4.25. The molecule has 0 bridgehead atoms. The van der Waals surface area contributed by atoms with Crippen LogP contribution in [-0.4, -0.2) is 42.2 Å². The molecule has 0 heterocycles. The molecule has 0 fully saturated rings. The van der Waals surface area contributed by atoms with Crippen molar-refractivity contribution in [1.82, 2.24) is 9.80 Å². The Labute approximate surface area is 152 Å². The Morgan fingerprint density at radius 2 is 1.54 bits per heavy atom. The fourth-order valence-electron chi connectivity index (χ4n) is 2.29. The third-order valence-electron chi connectivity index (χ3n) is 3.41. The van der Waals surface area contributed by atoms with E-state index >= 15 is 0 Å². The van der Waals surface area contributed by atoms with Crippen molar-refractivity contribution in [3.8, 4) is 0 Å². The second kappa shape index (κ2) is 12.1. The second-order valence-corrected chi connectivity index (χ2v) is 6.65. The van der Waals surface area contributed by atoms with Crippen LogP contribution in [0, 0.1) is 0 Å². The maximum atomic E-state index is 6.85. The molecule has 132 valence electrons. The highest BCUT2D eigenvalue weighted by atomic mass is 79.9. The van der Waals surface area contributed by atoms with Gasteiger partial charge in [-0.2, -0.15) is 5.90 Å². The van der Waals surface area contributed by atoms with E-state index in [4.69, 9.17) is 5.26 Å².